The summed E-state index contributed by atoms with van der Waals surface area (Å²) in [4.78, 5) is 71.2. The average molecular weight is 988 g/mol. The molecule has 0 saturated carbocycles. The third kappa shape index (κ3) is 10.4. The van der Waals surface area contributed by atoms with Crippen LogP contribution in [0.3, 0.4) is 0 Å². The van der Waals surface area contributed by atoms with Crippen LogP contribution < -0.4 is 15.4 Å². The number of hydrogen-bond acceptors (Lipinski definition) is 10. The van der Waals surface area contributed by atoms with Crippen molar-refractivity contribution in [1.29, 1.82) is 0 Å². The summed E-state index contributed by atoms with van der Waals surface area (Å²) in [7, 11) is 1.91. The molecule has 1 unspecified atom stereocenters. The highest BCUT2D eigenvalue weighted by atomic mass is 35.5. The number of imide groups is 1. The number of aryl methyl sites for hydroxylation is 3. The number of carbonyl (C=O) groups excluding carboxylic acids is 5. The van der Waals surface area contributed by atoms with Crippen LogP contribution in [0.15, 0.2) is 66.7 Å². The fraction of sp³-hybridized carbons (Fsp3) is 0.407. The molecule has 15 nitrogen and oxygen atoms in total. The zero-order valence-electron chi connectivity index (χ0n) is 41.1. The van der Waals surface area contributed by atoms with Gasteiger partial charge in [-0.3, -0.25) is 39.0 Å². The Kier molecular flexibility index (Phi) is 14.1. The van der Waals surface area contributed by atoms with Gasteiger partial charge in [0.15, 0.2) is 0 Å². The monoisotopic (exact) mass is 986 g/mol. The van der Waals surface area contributed by atoms with E-state index in [2.05, 4.69) is 25.0 Å². The molecule has 0 spiro atoms. The molecule has 0 aliphatic carbocycles. The number of fused-ring (bicyclic) bond motifs is 3. The Hall–Kier alpha value is -6.62. The Bertz CT molecular complexity index is 3090. The standard InChI is InChI=1S/C54H60ClFN8O7/c1-32-47(33(2)60(6)59-32)48-42(55)17-16-41-40(10-8-26-70-44-11-7-9-35-28-37(56)13-15-38(35)44)50(53(69)71-54(3,4)5)63(49(41)48)25-24-61-20-22-62(23-21-61)31-46(66)57-29-34-12-14-39-36(27-34)30-64(52(39)68)43-18-19-45(65)58-51(43)67/h7,9,11-17,27-28,43H,8,10,18-26,29-31H2,1-6H3,(H,57,66)(H,58,65,67). The number of halogens is 2. The first-order chi connectivity index (χ1) is 33.9. The highest BCUT2D eigenvalue weighted by Gasteiger charge is 2.39. The van der Waals surface area contributed by atoms with Crippen molar-refractivity contribution in [3.8, 4) is 16.9 Å². The van der Waals surface area contributed by atoms with Crippen LogP contribution in [0.5, 0.6) is 5.75 Å². The summed E-state index contributed by atoms with van der Waals surface area (Å²) in [6.45, 7) is 14.5. The van der Waals surface area contributed by atoms with Crippen LogP contribution in [0.4, 0.5) is 4.39 Å². The molecule has 17 heteroatoms. The second-order valence-electron chi connectivity index (χ2n) is 19.8. The van der Waals surface area contributed by atoms with Gasteiger partial charge in [0.2, 0.25) is 17.7 Å². The molecule has 71 heavy (non-hydrogen) atoms. The van der Waals surface area contributed by atoms with Gasteiger partial charge in [-0.1, -0.05) is 41.9 Å². The molecule has 9 rings (SSSR count). The van der Waals surface area contributed by atoms with Crippen LogP contribution in [0.25, 0.3) is 32.8 Å². The smallest absolute Gasteiger partial charge is 0.355 e. The summed E-state index contributed by atoms with van der Waals surface area (Å²) in [5, 5.41) is 13.1. The molecule has 2 fully saturated rings. The van der Waals surface area contributed by atoms with Crippen molar-refractivity contribution < 1.29 is 37.8 Å². The van der Waals surface area contributed by atoms with E-state index in [1.54, 1.807) is 12.1 Å². The predicted octanol–water partition coefficient (Wildman–Crippen LogP) is 7.27. The van der Waals surface area contributed by atoms with Crippen molar-refractivity contribution in [3.63, 3.8) is 0 Å². The lowest BCUT2D eigenvalue weighted by Crippen LogP contribution is -2.52. The normalized spacial score (nSPS) is 16.8. The van der Waals surface area contributed by atoms with Gasteiger partial charge in [-0.15, -0.1) is 0 Å². The summed E-state index contributed by atoms with van der Waals surface area (Å²) < 4.78 is 30.5. The van der Waals surface area contributed by atoms with Crippen molar-refractivity contribution >= 4 is 62.9 Å². The van der Waals surface area contributed by atoms with Crippen LogP contribution in [0.1, 0.15) is 89.0 Å². The number of carbonyl (C=O) groups is 5. The number of amides is 4. The molecule has 6 aromatic rings. The molecule has 372 valence electrons. The number of piperidine rings is 1. The van der Waals surface area contributed by atoms with E-state index in [1.165, 1.54) is 17.0 Å². The minimum absolute atomic E-state index is 0.114. The molecule has 0 bridgehead atoms. The Labute approximate surface area is 417 Å². The highest BCUT2D eigenvalue weighted by Crippen LogP contribution is 2.43. The second-order valence-corrected chi connectivity index (χ2v) is 20.2. The molecule has 3 aliphatic heterocycles. The first kappa shape index (κ1) is 49.4. The zero-order valence-corrected chi connectivity index (χ0v) is 41.9. The molecular formula is C54H60ClFN8O7. The number of piperazine rings is 1. The summed E-state index contributed by atoms with van der Waals surface area (Å²) >= 11 is 7.20. The molecule has 3 aliphatic rings. The van der Waals surface area contributed by atoms with Gasteiger partial charge in [-0.2, -0.15) is 5.10 Å². The van der Waals surface area contributed by atoms with E-state index < -0.39 is 23.5 Å². The summed E-state index contributed by atoms with van der Waals surface area (Å²) in [5.74, 6) is -1.21. The molecule has 5 heterocycles. The number of esters is 1. The van der Waals surface area contributed by atoms with Gasteiger partial charge < -0.3 is 24.3 Å². The quantitative estimate of drug-likeness (QED) is 0.0609. The molecule has 2 saturated heterocycles. The molecular weight excluding hydrogens is 927 g/mol. The SMILES string of the molecule is Cc1nn(C)c(C)c1-c1c(Cl)ccc2c(CCCOc3cccc4cc(F)ccc34)c(C(=O)OC(C)(C)C)n(CCN3CCN(CC(=O)NCc4ccc5c(c4)CN(C4CCC(=O)NC4=O)C5=O)CC3)c12. The van der Waals surface area contributed by atoms with Gasteiger partial charge in [0.05, 0.1) is 29.4 Å². The number of benzene rings is 4. The van der Waals surface area contributed by atoms with E-state index in [0.717, 1.165) is 60.9 Å². The third-order valence-corrected chi connectivity index (χ3v) is 14.1. The fourth-order valence-corrected chi connectivity index (χ4v) is 10.5. The van der Waals surface area contributed by atoms with Crippen molar-refractivity contribution in [1.82, 2.24) is 39.7 Å². The Morgan fingerprint density at radius 1 is 0.930 bits per heavy atom. The third-order valence-electron chi connectivity index (χ3n) is 13.8. The average Bonchev–Trinajstić information content (AvgIpc) is 3.91. The van der Waals surface area contributed by atoms with Crippen LogP contribution >= 0.6 is 11.6 Å². The minimum atomic E-state index is -0.769. The van der Waals surface area contributed by atoms with E-state index in [-0.39, 0.29) is 49.6 Å². The van der Waals surface area contributed by atoms with Crippen molar-refractivity contribution in [2.45, 2.75) is 91.6 Å². The first-order valence-corrected chi connectivity index (χ1v) is 24.7. The first-order valence-electron chi connectivity index (χ1n) is 24.3. The Morgan fingerprint density at radius 2 is 1.69 bits per heavy atom. The van der Waals surface area contributed by atoms with Gasteiger partial charge in [0.1, 0.15) is 28.9 Å². The van der Waals surface area contributed by atoms with Crippen molar-refractivity contribution in [3.05, 3.63) is 117 Å². The van der Waals surface area contributed by atoms with E-state index in [0.29, 0.717) is 87.2 Å². The van der Waals surface area contributed by atoms with Crippen molar-refractivity contribution in [2.75, 3.05) is 45.9 Å². The van der Waals surface area contributed by atoms with Crippen LogP contribution in [-0.4, -0.2) is 116 Å². The number of rotatable bonds is 15. The second kappa shape index (κ2) is 20.2. The lowest BCUT2D eigenvalue weighted by Gasteiger charge is -2.34. The molecule has 2 aromatic heterocycles. The largest absolute Gasteiger partial charge is 0.493 e. The van der Waals surface area contributed by atoms with Gasteiger partial charge >= 0.3 is 5.97 Å². The summed E-state index contributed by atoms with van der Waals surface area (Å²) in [6.07, 6.45) is 1.56. The predicted molar refractivity (Wildman–Crippen MR) is 269 cm³/mol. The maximum absolute atomic E-state index is 14.6. The number of nitrogens with one attached hydrogen (secondary N) is 2. The summed E-state index contributed by atoms with van der Waals surface area (Å²) in [6, 6.07) is 18.9. The number of aromatic nitrogens is 3. The highest BCUT2D eigenvalue weighted by molar-refractivity contribution is 6.35. The molecule has 2 N–H and O–H groups in total. The lowest BCUT2D eigenvalue weighted by molar-refractivity contribution is -0.137. The maximum Gasteiger partial charge on any atom is 0.355 e. The van der Waals surface area contributed by atoms with Crippen LogP contribution in [0.2, 0.25) is 5.02 Å². The van der Waals surface area contributed by atoms with Gasteiger partial charge in [0, 0.05) is 99.0 Å². The lowest BCUT2D eigenvalue weighted by atomic mass is 9.98. The Balaban J connectivity index is 0.896. The van der Waals surface area contributed by atoms with Gasteiger partial charge in [-0.05, 0) is 112 Å². The molecule has 4 amide bonds. The molecule has 1 atom stereocenters. The zero-order chi connectivity index (χ0) is 50.3. The van der Waals surface area contributed by atoms with Crippen molar-refractivity contribution in [2.24, 2.45) is 7.05 Å². The minimum Gasteiger partial charge on any atom is -0.493 e. The van der Waals surface area contributed by atoms with E-state index in [9.17, 15) is 28.4 Å². The molecule has 0 radical (unpaired) electrons. The molecule has 4 aromatic carbocycles. The summed E-state index contributed by atoms with van der Waals surface area (Å²) in [5.41, 5.74) is 7.01. The van der Waals surface area contributed by atoms with E-state index >= 15 is 0 Å². The Morgan fingerprint density at radius 3 is 2.42 bits per heavy atom. The van der Waals surface area contributed by atoms with Gasteiger partial charge in [-0.25, -0.2) is 9.18 Å². The maximum atomic E-state index is 14.6. The van der Waals surface area contributed by atoms with Gasteiger partial charge in [0.25, 0.3) is 5.91 Å². The van der Waals surface area contributed by atoms with E-state index in [1.807, 2.05) is 88.8 Å². The number of ether oxygens (including phenoxy) is 2. The van der Waals surface area contributed by atoms with E-state index in [4.69, 9.17) is 26.2 Å². The van der Waals surface area contributed by atoms with Crippen LogP contribution in [-0.2, 0) is 52.2 Å². The van der Waals surface area contributed by atoms with Crippen LogP contribution in [0, 0.1) is 19.7 Å². The topological polar surface area (TPSA) is 160 Å². The number of nitrogens with zero attached hydrogens (tertiary/aromatic N) is 6. The fourth-order valence-electron chi connectivity index (χ4n) is 10.3. The number of hydrogen-bond donors (Lipinski definition) is 2.